The first-order valence-electron chi connectivity index (χ1n) is 9.06. The van der Waals surface area contributed by atoms with E-state index in [1.54, 1.807) is 0 Å². The summed E-state index contributed by atoms with van der Waals surface area (Å²) in [4.78, 5) is 0. The second-order valence-electron chi connectivity index (χ2n) is 7.12. The molecule has 0 aliphatic heterocycles. The van der Waals surface area contributed by atoms with Gasteiger partial charge in [-0.05, 0) is 0 Å². The van der Waals surface area contributed by atoms with Crippen LogP contribution in [-0.4, -0.2) is 0 Å². The van der Waals surface area contributed by atoms with Gasteiger partial charge in [0.15, 0.2) is 0 Å². The molecule has 0 amide bonds. The Kier molecular flexibility index (Phi) is 13.3. The smallest absolute Gasteiger partial charge is 0 e. The largest absolute Gasteiger partial charge is 0.213 e. The Labute approximate surface area is 188 Å². The van der Waals surface area contributed by atoms with Crippen molar-refractivity contribution in [3.8, 4) is 0 Å². The summed E-state index contributed by atoms with van der Waals surface area (Å²) in [5, 5.41) is 0. The van der Waals surface area contributed by atoms with Gasteiger partial charge in [-0.2, -0.15) is 53.1 Å². The normalized spacial score (nSPS) is 9.96. The van der Waals surface area contributed by atoms with Crippen LogP contribution in [0.4, 0.5) is 0 Å². The van der Waals surface area contributed by atoms with Crippen LogP contribution in [0.5, 0.6) is 0 Å². The van der Waals surface area contributed by atoms with E-state index in [1.807, 2.05) is 0 Å². The number of rotatable bonds is 3. The zero-order valence-electron chi connectivity index (χ0n) is 16.7. The number of hydrogen-bond acceptors (Lipinski definition) is 0. The van der Waals surface area contributed by atoms with Crippen molar-refractivity contribution < 1.29 is 40.8 Å². The molecule has 0 aliphatic carbocycles. The Bertz CT molecular complexity index is 502. The van der Waals surface area contributed by atoms with Gasteiger partial charge in [0, 0.05) is 40.8 Å². The van der Waals surface area contributed by atoms with Crippen molar-refractivity contribution in [3.63, 3.8) is 0 Å². The van der Waals surface area contributed by atoms with Gasteiger partial charge in [0.05, 0.1) is 0 Å². The van der Waals surface area contributed by atoms with Crippen molar-refractivity contribution in [2.45, 2.75) is 59.3 Å². The van der Waals surface area contributed by atoms with E-state index in [1.165, 1.54) is 16.7 Å². The minimum absolute atomic E-state index is 0. The van der Waals surface area contributed by atoms with E-state index in [-0.39, 0.29) is 40.8 Å². The molecule has 3 aromatic carbocycles. The summed E-state index contributed by atoms with van der Waals surface area (Å²) < 4.78 is 0. The number of hydrogen-bond donors (Lipinski definition) is 0. The molecule has 0 fully saturated rings. The molecule has 0 aliphatic rings. The molecular formula is C24H33Nd-3. The maximum atomic E-state index is 2.20. The van der Waals surface area contributed by atoms with Crippen LogP contribution in [0.1, 0.15) is 76.0 Å². The molecule has 0 saturated heterocycles. The average Bonchev–Trinajstić information content (AvgIpc) is 3.29. The molecule has 1 heteroatoms. The van der Waals surface area contributed by atoms with Crippen molar-refractivity contribution in [1.82, 2.24) is 0 Å². The fraction of sp³-hybridized carbons (Fsp3) is 0.375. The van der Waals surface area contributed by atoms with Gasteiger partial charge in [0.1, 0.15) is 0 Å². The molecule has 0 aromatic heterocycles. The third-order valence-electron chi connectivity index (χ3n) is 4.07. The van der Waals surface area contributed by atoms with Gasteiger partial charge in [0.2, 0.25) is 0 Å². The van der Waals surface area contributed by atoms with Crippen LogP contribution < -0.4 is 0 Å². The molecule has 0 radical (unpaired) electrons. The van der Waals surface area contributed by atoms with Crippen LogP contribution in [0.15, 0.2) is 72.8 Å². The van der Waals surface area contributed by atoms with Crippen molar-refractivity contribution >= 4 is 0 Å². The molecule has 25 heavy (non-hydrogen) atoms. The Hall–Kier alpha value is -0.599. The second kappa shape index (κ2) is 13.6. The van der Waals surface area contributed by atoms with Crippen LogP contribution in [0.25, 0.3) is 0 Å². The summed E-state index contributed by atoms with van der Waals surface area (Å²) in [5.41, 5.74) is 4.31. The first-order valence-corrected chi connectivity index (χ1v) is 9.06. The molecule has 0 spiro atoms. The first kappa shape index (κ1) is 24.4. The molecule has 3 aromatic rings. The molecular weight excluding hydrogens is 433 g/mol. The summed E-state index contributed by atoms with van der Waals surface area (Å²) in [7, 11) is 0. The second-order valence-corrected chi connectivity index (χ2v) is 7.12. The van der Waals surface area contributed by atoms with Gasteiger partial charge in [-0.1, -0.05) is 59.3 Å². The zero-order valence-corrected chi connectivity index (χ0v) is 19.9. The predicted octanol–water partition coefficient (Wildman–Crippen LogP) is 7.59. The molecule has 0 saturated carbocycles. The molecule has 0 unspecified atom stereocenters. The van der Waals surface area contributed by atoms with Gasteiger partial charge in [-0.3, -0.25) is 0 Å². The third-order valence-corrected chi connectivity index (χ3v) is 4.07. The van der Waals surface area contributed by atoms with Crippen LogP contribution in [0.2, 0.25) is 0 Å². The molecule has 0 bridgehead atoms. The van der Waals surface area contributed by atoms with Gasteiger partial charge in [-0.25, -0.2) is 36.4 Å². The Morgan fingerprint density at radius 2 is 0.560 bits per heavy atom. The van der Waals surface area contributed by atoms with E-state index in [9.17, 15) is 0 Å². The molecule has 0 N–H and O–H groups in total. The van der Waals surface area contributed by atoms with Gasteiger partial charge >= 0.3 is 0 Å². The average molecular weight is 466 g/mol. The minimum atomic E-state index is 0. The standard InChI is InChI=1S/3C8H11.Nd/c3*1-7(2)8-5-3-4-6-8;/h3*3-7H,1-2H3;/q3*-1;. The van der Waals surface area contributed by atoms with E-state index in [0.717, 1.165) is 0 Å². The van der Waals surface area contributed by atoms with Gasteiger partial charge in [-0.15, -0.1) is 0 Å². The van der Waals surface area contributed by atoms with Gasteiger partial charge < -0.3 is 0 Å². The first-order chi connectivity index (χ1) is 11.4. The van der Waals surface area contributed by atoms with Crippen molar-refractivity contribution in [1.29, 1.82) is 0 Å². The van der Waals surface area contributed by atoms with E-state index in [4.69, 9.17) is 0 Å². The predicted molar refractivity (Wildman–Crippen MR) is 108 cm³/mol. The zero-order chi connectivity index (χ0) is 17.9. The molecule has 0 nitrogen and oxygen atoms in total. The van der Waals surface area contributed by atoms with Crippen molar-refractivity contribution in [2.75, 3.05) is 0 Å². The maximum absolute atomic E-state index is 2.20. The summed E-state index contributed by atoms with van der Waals surface area (Å²) >= 11 is 0. The van der Waals surface area contributed by atoms with Crippen LogP contribution in [0, 0.1) is 40.8 Å². The summed E-state index contributed by atoms with van der Waals surface area (Å²) in [5.74, 6) is 2.06. The van der Waals surface area contributed by atoms with Crippen LogP contribution in [0.3, 0.4) is 0 Å². The Morgan fingerprint density at radius 3 is 0.640 bits per heavy atom. The monoisotopic (exact) mass is 463 g/mol. The quantitative estimate of drug-likeness (QED) is 0.350. The van der Waals surface area contributed by atoms with E-state index in [2.05, 4.69) is 114 Å². The fourth-order valence-electron chi connectivity index (χ4n) is 2.32. The summed E-state index contributed by atoms with van der Waals surface area (Å²) in [6.45, 7) is 13.2. The van der Waals surface area contributed by atoms with Gasteiger partial charge in [0.25, 0.3) is 0 Å². The fourth-order valence-corrected chi connectivity index (χ4v) is 2.32. The SMILES string of the molecule is CC(C)[c-]1cccc1.CC(C)[c-]1cccc1.CC(C)[c-]1cccc1.[Nd]. The van der Waals surface area contributed by atoms with Crippen molar-refractivity contribution in [3.05, 3.63) is 89.5 Å². The molecule has 3 rings (SSSR count). The Balaban J connectivity index is 0.000000339. The van der Waals surface area contributed by atoms with E-state index < -0.39 is 0 Å². The summed E-state index contributed by atoms with van der Waals surface area (Å²) in [6.07, 6.45) is 0. The minimum Gasteiger partial charge on any atom is -0.213 e. The molecule has 0 atom stereocenters. The van der Waals surface area contributed by atoms with Crippen LogP contribution in [-0.2, 0) is 0 Å². The summed E-state index contributed by atoms with van der Waals surface area (Å²) in [6, 6.07) is 25.4. The third kappa shape index (κ3) is 10.2. The molecule has 136 valence electrons. The van der Waals surface area contributed by atoms with Crippen molar-refractivity contribution in [2.24, 2.45) is 0 Å². The van der Waals surface area contributed by atoms with Crippen LogP contribution >= 0.6 is 0 Å². The Morgan fingerprint density at radius 1 is 0.400 bits per heavy atom. The topological polar surface area (TPSA) is 0 Å². The molecule has 0 heterocycles. The maximum Gasteiger partial charge on any atom is 0 e. The van der Waals surface area contributed by atoms with E-state index in [0.29, 0.717) is 17.8 Å². The van der Waals surface area contributed by atoms with E-state index >= 15 is 0 Å².